The number of carbonyl (C=O) groups is 2. The van der Waals surface area contributed by atoms with Crippen molar-refractivity contribution in [3.8, 4) is 0 Å². The number of allylic oxidation sites excluding steroid dienone is 5. The maximum Gasteiger partial charge on any atom is 0.253 e. The average molecular weight is 292 g/mol. The Morgan fingerprint density at radius 1 is 1.18 bits per heavy atom. The number of rotatable bonds is 1. The van der Waals surface area contributed by atoms with Crippen molar-refractivity contribution in [3.05, 3.63) is 64.5 Å². The monoisotopic (exact) mass is 292 g/mol. The first-order chi connectivity index (χ1) is 10.8. The van der Waals surface area contributed by atoms with Crippen LogP contribution in [-0.2, 0) is 11.2 Å². The molecule has 2 N–H and O–H groups in total. The highest BCUT2D eigenvalue weighted by molar-refractivity contribution is 6.00. The van der Waals surface area contributed by atoms with Crippen LogP contribution in [0.4, 0.5) is 5.69 Å². The van der Waals surface area contributed by atoms with Gasteiger partial charge < -0.3 is 10.6 Å². The molecule has 4 heteroatoms. The Kier molecular flexibility index (Phi) is 2.96. The van der Waals surface area contributed by atoms with Crippen molar-refractivity contribution in [2.75, 3.05) is 5.32 Å². The molecule has 1 saturated heterocycles. The van der Waals surface area contributed by atoms with Gasteiger partial charge in [0.2, 0.25) is 0 Å². The molecule has 1 unspecified atom stereocenters. The van der Waals surface area contributed by atoms with E-state index in [0.29, 0.717) is 5.56 Å². The molecular formula is C18H16N2O2. The summed E-state index contributed by atoms with van der Waals surface area (Å²) in [5.41, 5.74) is 5.69. The summed E-state index contributed by atoms with van der Waals surface area (Å²) in [6, 6.07) is 5.64. The fourth-order valence-electron chi connectivity index (χ4n) is 3.44. The lowest BCUT2D eigenvalue weighted by Crippen LogP contribution is -2.19. The van der Waals surface area contributed by atoms with Gasteiger partial charge >= 0.3 is 0 Å². The van der Waals surface area contributed by atoms with Crippen molar-refractivity contribution >= 4 is 17.9 Å². The normalized spacial score (nSPS) is 25.7. The van der Waals surface area contributed by atoms with E-state index >= 15 is 0 Å². The molecule has 1 atom stereocenters. The largest absolute Gasteiger partial charge is 0.358 e. The van der Waals surface area contributed by atoms with Crippen LogP contribution in [0.15, 0.2) is 53.4 Å². The molecule has 0 spiro atoms. The third-order valence-electron chi connectivity index (χ3n) is 4.53. The third-order valence-corrected chi connectivity index (χ3v) is 4.53. The third kappa shape index (κ3) is 1.99. The molecule has 3 aliphatic rings. The molecule has 110 valence electrons. The van der Waals surface area contributed by atoms with Crippen LogP contribution in [0.1, 0.15) is 28.8 Å². The van der Waals surface area contributed by atoms with Gasteiger partial charge in [-0.3, -0.25) is 9.59 Å². The molecule has 22 heavy (non-hydrogen) atoms. The number of hydrogen-bond donors (Lipinski definition) is 2. The lowest BCUT2D eigenvalue weighted by atomic mass is 9.88. The number of carbonyl (C=O) groups excluding carboxylic acids is 2. The van der Waals surface area contributed by atoms with Crippen molar-refractivity contribution in [2.24, 2.45) is 5.92 Å². The maximum atomic E-state index is 12.3. The van der Waals surface area contributed by atoms with Crippen LogP contribution in [0.25, 0.3) is 0 Å². The van der Waals surface area contributed by atoms with Gasteiger partial charge in [-0.15, -0.1) is 0 Å². The van der Waals surface area contributed by atoms with E-state index in [0.717, 1.165) is 53.8 Å². The van der Waals surface area contributed by atoms with Crippen LogP contribution in [0.3, 0.4) is 0 Å². The van der Waals surface area contributed by atoms with E-state index in [1.165, 1.54) is 0 Å². The van der Waals surface area contributed by atoms with Gasteiger partial charge in [-0.2, -0.15) is 0 Å². The van der Waals surface area contributed by atoms with E-state index in [1.807, 2.05) is 24.3 Å². The summed E-state index contributed by atoms with van der Waals surface area (Å²) in [6.07, 6.45) is 9.44. The van der Waals surface area contributed by atoms with Gasteiger partial charge in [-0.05, 0) is 49.1 Å². The highest BCUT2D eigenvalue weighted by atomic mass is 16.2. The second-order valence-corrected chi connectivity index (χ2v) is 5.84. The van der Waals surface area contributed by atoms with Gasteiger partial charge in [0.05, 0.1) is 0 Å². The van der Waals surface area contributed by atoms with E-state index in [4.69, 9.17) is 0 Å². The fraction of sp³-hybridized carbons (Fsp3) is 0.222. The number of aryl methyl sites for hydroxylation is 1. The summed E-state index contributed by atoms with van der Waals surface area (Å²) in [6.45, 7) is 0. The summed E-state index contributed by atoms with van der Waals surface area (Å²) < 4.78 is 0. The standard InChI is InChI=1S/C18H16N2O2/c21-10-11-5-7-14-12(9-11)6-8-16(19-14)17-13-3-1-2-4-15(13)20-18(17)22/h1-2,4-5,7,9-10,13,19H,3,6,8H2,(H,20,22). The van der Waals surface area contributed by atoms with E-state index in [9.17, 15) is 9.59 Å². The smallest absolute Gasteiger partial charge is 0.253 e. The van der Waals surface area contributed by atoms with E-state index in [1.54, 1.807) is 6.07 Å². The van der Waals surface area contributed by atoms with Gasteiger partial charge in [0.1, 0.15) is 6.29 Å². The summed E-state index contributed by atoms with van der Waals surface area (Å²) in [5, 5.41) is 6.38. The summed E-state index contributed by atoms with van der Waals surface area (Å²) in [4.78, 5) is 23.2. The number of aldehydes is 1. The zero-order valence-corrected chi connectivity index (χ0v) is 12.1. The number of amides is 1. The second kappa shape index (κ2) is 4.98. The molecule has 1 aromatic rings. The molecule has 0 saturated carbocycles. The Balaban J connectivity index is 1.72. The molecule has 4 rings (SSSR count). The molecule has 2 aliphatic heterocycles. The minimum atomic E-state index is 0.00964. The molecule has 0 aromatic heterocycles. The minimum absolute atomic E-state index is 0.00964. The van der Waals surface area contributed by atoms with E-state index < -0.39 is 0 Å². The van der Waals surface area contributed by atoms with Crippen molar-refractivity contribution in [1.29, 1.82) is 0 Å². The lowest BCUT2D eigenvalue weighted by molar-refractivity contribution is -0.116. The van der Waals surface area contributed by atoms with Crippen LogP contribution in [0.5, 0.6) is 0 Å². The Bertz CT molecular complexity index is 771. The summed E-state index contributed by atoms with van der Waals surface area (Å²) >= 11 is 0. The van der Waals surface area contributed by atoms with Gasteiger partial charge in [0.15, 0.2) is 0 Å². The highest BCUT2D eigenvalue weighted by Crippen LogP contribution is 2.37. The molecular weight excluding hydrogens is 276 g/mol. The summed E-state index contributed by atoms with van der Waals surface area (Å²) in [5.74, 6) is 0.159. The van der Waals surface area contributed by atoms with Gasteiger partial charge in [0.25, 0.3) is 5.91 Å². The quantitative estimate of drug-likeness (QED) is 0.618. The first-order valence-electron chi connectivity index (χ1n) is 7.52. The molecule has 4 nitrogen and oxygen atoms in total. The second-order valence-electron chi connectivity index (χ2n) is 5.84. The molecule has 1 amide bonds. The van der Waals surface area contributed by atoms with E-state index in [2.05, 4.69) is 16.7 Å². The first-order valence-corrected chi connectivity index (χ1v) is 7.52. The molecule has 1 aromatic carbocycles. The van der Waals surface area contributed by atoms with Crippen LogP contribution in [0, 0.1) is 5.92 Å². The van der Waals surface area contributed by atoms with E-state index in [-0.39, 0.29) is 11.8 Å². The average Bonchev–Trinajstić information content (AvgIpc) is 2.89. The molecule has 2 heterocycles. The first kappa shape index (κ1) is 13.1. The minimum Gasteiger partial charge on any atom is -0.358 e. The lowest BCUT2D eigenvalue weighted by Gasteiger charge is -2.24. The molecule has 1 aliphatic carbocycles. The molecule has 0 bridgehead atoms. The topological polar surface area (TPSA) is 58.2 Å². The van der Waals surface area contributed by atoms with Gasteiger partial charge in [0, 0.05) is 34.1 Å². The SMILES string of the molecule is O=Cc1ccc2c(c1)CCC(=C1C(=O)NC3=CC=CCC31)N2. The van der Waals surface area contributed by atoms with Crippen molar-refractivity contribution in [2.45, 2.75) is 19.3 Å². The van der Waals surface area contributed by atoms with Crippen molar-refractivity contribution < 1.29 is 9.59 Å². The zero-order chi connectivity index (χ0) is 15.1. The number of anilines is 1. The highest BCUT2D eigenvalue weighted by Gasteiger charge is 2.36. The number of hydrogen-bond acceptors (Lipinski definition) is 3. The fourth-order valence-corrected chi connectivity index (χ4v) is 3.44. The zero-order valence-electron chi connectivity index (χ0n) is 12.1. The number of benzene rings is 1. The Labute approximate surface area is 128 Å². The number of fused-ring (bicyclic) bond motifs is 2. The Hall–Kier alpha value is -2.62. The summed E-state index contributed by atoms with van der Waals surface area (Å²) in [7, 11) is 0. The predicted molar refractivity (Wildman–Crippen MR) is 84.3 cm³/mol. The predicted octanol–water partition coefficient (Wildman–Crippen LogP) is 2.70. The molecule has 0 radical (unpaired) electrons. The van der Waals surface area contributed by atoms with Crippen LogP contribution >= 0.6 is 0 Å². The van der Waals surface area contributed by atoms with Gasteiger partial charge in [-0.25, -0.2) is 0 Å². The van der Waals surface area contributed by atoms with Gasteiger partial charge in [-0.1, -0.05) is 12.2 Å². The number of nitrogens with one attached hydrogen (secondary N) is 2. The van der Waals surface area contributed by atoms with Crippen molar-refractivity contribution in [3.63, 3.8) is 0 Å². The Morgan fingerprint density at radius 2 is 2.09 bits per heavy atom. The molecule has 1 fully saturated rings. The van der Waals surface area contributed by atoms with Crippen LogP contribution in [0.2, 0.25) is 0 Å². The van der Waals surface area contributed by atoms with Crippen molar-refractivity contribution in [1.82, 2.24) is 5.32 Å². The maximum absolute atomic E-state index is 12.3. The Morgan fingerprint density at radius 3 is 2.95 bits per heavy atom. The van der Waals surface area contributed by atoms with Crippen LogP contribution < -0.4 is 10.6 Å². The van der Waals surface area contributed by atoms with Crippen LogP contribution in [-0.4, -0.2) is 12.2 Å².